The molecule has 1 aromatic rings. The first-order chi connectivity index (χ1) is 5.15. The van der Waals surface area contributed by atoms with E-state index < -0.39 is 0 Å². The first kappa shape index (κ1) is 12.0. The molecule has 0 unspecified atom stereocenters. The van der Waals surface area contributed by atoms with E-state index in [0.717, 1.165) is 11.1 Å². The third-order valence-electron chi connectivity index (χ3n) is 1.59. The normalized spacial score (nSPS) is 9.33. The maximum absolute atomic E-state index is 5.87. The lowest BCUT2D eigenvalue weighted by Gasteiger charge is -2.05. The molecule has 0 heterocycles. The predicted molar refractivity (Wildman–Crippen MR) is 56.3 cm³/mol. The summed E-state index contributed by atoms with van der Waals surface area (Å²) in [6, 6.07) is 3.56. The van der Waals surface area contributed by atoms with Crippen LogP contribution in [0.3, 0.4) is 0 Å². The van der Waals surface area contributed by atoms with Crippen LogP contribution >= 0.6 is 35.6 Å². The van der Waals surface area contributed by atoms with Gasteiger partial charge in [-0.3, -0.25) is 0 Å². The Balaban J connectivity index is 0.00000121. The van der Waals surface area contributed by atoms with Crippen molar-refractivity contribution >= 4 is 35.6 Å². The summed E-state index contributed by atoms with van der Waals surface area (Å²) >= 11 is 11.6. The van der Waals surface area contributed by atoms with Crippen molar-refractivity contribution in [1.82, 2.24) is 0 Å². The third-order valence-corrected chi connectivity index (χ3v) is 2.14. The van der Waals surface area contributed by atoms with Crippen molar-refractivity contribution in [2.45, 2.75) is 13.5 Å². The van der Waals surface area contributed by atoms with E-state index in [4.69, 9.17) is 28.9 Å². The van der Waals surface area contributed by atoms with Crippen molar-refractivity contribution in [2.24, 2.45) is 5.73 Å². The van der Waals surface area contributed by atoms with E-state index >= 15 is 0 Å². The van der Waals surface area contributed by atoms with Crippen LogP contribution < -0.4 is 5.73 Å². The van der Waals surface area contributed by atoms with Crippen molar-refractivity contribution in [3.05, 3.63) is 33.3 Å². The van der Waals surface area contributed by atoms with E-state index in [0.29, 0.717) is 16.6 Å². The Kier molecular flexibility index (Phi) is 4.95. The average Bonchev–Trinajstić information content (AvgIpc) is 1.85. The molecule has 0 aliphatic rings. The van der Waals surface area contributed by atoms with Crippen LogP contribution in [0.5, 0.6) is 0 Å². The van der Waals surface area contributed by atoms with Gasteiger partial charge in [0, 0.05) is 16.6 Å². The fourth-order valence-corrected chi connectivity index (χ4v) is 1.66. The Morgan fingerprint density at radius 1 is 1.33 bits per heavy atom. The van der Waals surface area contributed by atoms with E-state index in [-0.39, 0.29) is 12.4 Å². The van der Waals surface area contributed by atoms with E-state index in [2.05, 4.69) is 0 Å². The second kappa shape index (κ2) is 4.93. The van der Waals surface area contributed by atoms with Crippen LogP contribution in [0.15, 0.2) is 12.1 Å². The Morgan fingerprint density at radius 3 is 2.33 bits per heavy atom. The van der Waals surface area contributed by atoms with Gasteiger partial charge < -0.3 is 5.73 Å². The van der Waals surface area contributed by atoms with Crippen molar-refractivity contribution < 1.29 is 0 Å². The molecule has 0 aromatic heterocycles. The lowest BCUT2D eigenvalue weighted by atomic mass is 10.1. The molecule has 0 atom stereocenters. The molecule has 0 bridgehead atoms. The highest BCUT2D eigenvalue weighted by molar-refractivity contribution is 6.35. The molecule has 1 aromatic carbocycles. The second-order valence-corrected chi connectivity index (χ2v) is 3.23. The molecular formula is C8H10Cl3N. The van der Waals surface area contributed by atoms with Gasteiger partial charge in [-0.15, -0.1) is 12.4 Å². The van der Waals surface area contributed by atoms with Gasteiger partial charge in [-0.25, -0.2) is 0 Å². The van der Waals surface area contributed by atoms with Crippen LogP contribution in [0.4, 0.5) is 0 Å². The van der Waals surface area contributed by atoms with Crippen LogP contribution in [0.2, 0.25) is 10.0 Å². The van der Waals surface area contributed by atoms with Crippen molar-refractivity contribution in [3.63, 3.8) is 0 Å². The monoisotopic (exact) mass is 225 g/mol. The number of halogens is 3. The molecule has 4 heteroatoms. The molecular weight excluding hydrogens is 216 g/mol. The Morgan fingerprint density at radius 2 is 1.92 bits per heavy atom. The van der Waals surface area contributed by atoms with Crippen LogP contribution in [0.1, 0.15) is 11.1 Å². The standard InChI is InChI=1S/C8H9Cl2N.ClH/c1-5-2-6(9)3-8(10)7(5)4-11;/h2-3H,4,11H2,1H3;1H. The Hall–Kier alpha value is 0.0500. The van der Waals surface area contributed by atoms with Crippen molar-refractivity contribution in [2.75, 3.05) is 0 Å². The van der Waals surface area contributed by atoms with Gasteiger partial charge in [-0.05, 0) is 30.2 Å². The molecule has 1 rings (SSSR count). The molecule has 0 spiro atoms. The minimum atomic E-state index is 0. The number of benzene rings is 1. The Bertz CT molecular complexity index is 250. The van der Waals surface area contributed by atoms with Crippen LogP contribution in [-0.2, 0) is 6.54 Å². The maximum atomic E-state index is 5.87. The lowest BCUT2D eigenvalue weighted by Crippen LogP contribution is -1.99. The highest BCUT2D eigenvalue weighted by atomic mass is 35.5. The number of rotatable bonds is 1. The molecule has 0 fully saturated rings. The summed E-state index contributed by atoms with van der Waals surface area (Å²) in [7, 11) is 0. The summed E-state index contributed by atoms with van der Waals surface area (Å²) < 4.78 is 0. The van der Waals surface area contributed by atoms with Crippen molar-refractivity contribution in [3.8, 4) is 0 Å². The third kappa shape index (κ3) is 2.53. The lowest BCUT2D eigenvalue weighted by molar-refractivity contribution is 1.05. The quantitative estimate of drug-likeness (QED) is 0.782. The molecule has 0 saturated heterocycles. The number of aryl methyl sites for hydroxylation is 1. The maximum Gasteiger partial charge on any atom is 0.0468 e. The number of nitrogens with two attached hydrogens (primary N) is 1. The molecule has 0 aliphatic heterocycles. The summed E-state index contributed by atoms with van der Waals surface area (Å²) in [4.78, 5) is 0. The number of hydrogen-bond acceptors (Lipinski definition) is 1. The van der Waals surface area contributed by atoms with Gasteiger partial charge in [0.15, 0.2) is 0 Å². The van der Waals surface area contributed by atoms with Gasteiger partial charge >= 0.3 is 0 Å². The summed E-state index contributed by atoms with van der Waals surface area (Å²) in [6.45, 7) is 2.40. The molecule has 0 amide bonds. The second-order valence-electron chi connectivity index (χ2n) is 2.39. The van der Waals surface area contributed by atoms with Gasteiger partial charge in [0.05, 0.1) is 0 Å². The fraction of sp³-hybridized carbons (Fsp3) is 0.250. The summed E-state index contributed by atoms with van der Waals surface area (Å²) in [5, 5.41) is 1.31. The predicted octanol–water partition coefficient (Wildman–Crippen LogP) is 3.18. The first-order valence-corrected chi connectivity index (χ1v) is 4.05. The zero-order chi connectivity index (χ0) is 8.43. The van der Waals surface area contributed by atoms with Gasteiger partial charge in [0.2, 0.25) is 0 Å². The fourth-order valence-electron chi connectivity index (χ4n) is 0.991. The summed E-state index contributed by atoms with van der Waals surface area (Å²) in [6.07, 6.45) is 0. The van der Waals surface area contributed by atoms with Gasteiger partial charge in [-0.2, -0.15) is 0 Å². The van der Waals surface area contributed by atoms with Crippen LogP contribution in [0, 0.1) is 6.92 Å². The molecule has 0 radical (unpaired) electrons. The van der Waals surface area contributed by atoms with Gasteiger partial charge in [0.25, 0.3) is 0 Å². The number of hydrogen-bond donors (Lipinski definition) is 1. The van der Waals surface area contributed by atoms with E-state index in [1.54, 1.807) is 6.07 Å². The van der Waals surface area contributed by atoms with Crippen LogP contribution in [-0.4, -0.2) is 0 Å². The molecule has 68 valence electrons. The van der Waals surface area contributed by atoms with Gasteiger partial charge in [-0.1, -0.05) is 23.2 Å². The Labute approximate surface area is 88.3 Å². The molecule has 1 nitrogen and oxygen atoms in total. The summed E-state index contributed by atoms with van der Waals surface area (Å²) in [5.41, 5.74) is 7.49. The highest BCUT2D eigenvalue weighted by Gasteiger charge is 2.02. The van der Waals surface area contributed by atoms with Gasteiger partial charge in [0.1, 0.15) is 0 Å². The largest absolute Gasteiger partial charge is 0.326 e. The van der Waals surface area contributed by atoms with Crippen molar-refractivity contribution in [1.29, 1.82) is 0 Å². The summed E-state index contributed by atoms with van der Waals surface area (Å²) in [5.74, 6) is 0. The highest BCUT2D eigenvalue weighted by Crippen LogP contribution is 2.24. The van der Waals surface area contributed by atoms with E-state index in [1.165, 1.54) is 0 Å². The SMILES string of the molecule is Cc1cc(Cl)cc(Cl)c1CN.Cl. The minimum absolute atomic E-state index is 0. The molecule has 0 aliphatic carbocycles. The zero-order valence-corrected chi connectivity index (χ0v) is 8.93. The van der Waals surface area contributed by atoms with E-state index in [1.807, 2.05) is 13.0 Å². The average molecular weight is 227 g/mol. The smallest absolute Gasteiger partial charge is 0.0468 e. The zero-order valence-electron chi connectivity index (χ0n) is 6.60. The van der Waals surface area contributed by atoms with Crippen LogP contribution in [0.25, 0.3) is 0 Å². The molecule has 2 N–H and O–H groups in total. The topological polar surface area (TPSA) is 26.0 Å². The minimum Gasteiger partial charge on any atom is -0.326 e. The molecule has 0 saturated carbocycles. The first-order valence-electron chi connectivity index (χ1n) is 3.29. The molecule has 12 heavy (non-hydrogen) atoms. The van der Waals surface area contributed by atoms with E-state index in [9.17, 15) is 0 Å².